The first kappa shape index (κ1) is 19.4. The van der Waals surface area contributed by atoms with E-state index in [9.17, 15) is 4.79 Å². The molecule has 0 aromatic heterocycles. The van der Waals surface area contributed by atoms with E-state index < -0.39 is 0 Å². The fraction of sp³-hybridized carbons (Fsp3) is 0.167. The van der Waals surface area contributed by atoms with Gasteiger partial charge in [0, 0.05) is 15.1 Å². The van der Waals surface area contributed by atoms with Crippen LogP contribution in [0.5, 0.6) is 0 Å². The second-order valence-electron chi connectivity index (χ2n) is 4.78. The highest BCUT2D eigenvalue weighted by Crippen LogP contribution is 2.31. The number of carbonyl (C=O) groups is 1. The van der Waals surface area contributed by atoms with Gasteiger partial charge in [0.15, 0.2) is 5.76 Å². The molecule has 0 spiro atoms. The molecule has 0 saturated carbocycles. The minimum atomic E-state index is -0.121. The van der Waals surface area contributed by atoms with Gasteiger partial charge in [-0.1, -0.05) is 51.8 Å². The van der Waals surface area contributed by atoms with E-state index in [-0.39, 0.29) is 5.78 Å². The third-order valence-corrected chi connectivity index (χ3v) is 6.00. The van der Waals surface area contributed by atoms with Gasteiger partial charge in [0.1, 0.15) is 6.61 Å². The van der Waals surface area contributed by atoms with Crippen molar-refractivity contribution in [2.45, 2.75) is 6.61 Å². The van der Waals surface area contributed by atoms with Crippen LogP contribution in [0, 0.1) is 0 Å². The van der Waals surface area contributed by atoms with Gasteiger partial charge in [-0.3, -0.25) is 4.79 Å². The largest absolute Gasteiger partial charge is 0.483 e. The molecule has 24 heavy (non-hydrogen) atoms. The quantitative estimate of drug-likeness (QED) is 0.281. The van der Waals surface area contributed by atoms with Crippen LogP contribution >= 0.6 is 51.1 Å². The molecule has 0 aliphatic heterocycles. The number of rotatable bonds is 7. The van der Waals surface area contributed by atoms with Crippen molar-refractivity contribution >= 4 is 56.8 Å². The van der Waals surface area contributed by atoms with Gasteiger partial charge in [-0.05, 0) is 42.3 Å². The number of halogens is 2. The Morgan fingerprint density at radius 2 is 1.79 bits per heavy atom. The predicted molar refractivity (Wildman–Crippen MR) is 109 cm³/mol. The lowest BCUT2D eigenvalue weighted by atomic mass is 10.1. The lowest BCUT2D eigenvalue weighted by Gasteiger charge is -2.13. The number of carbonyl (C=O) groups excluding carboxylic acids is 1. The van der Waals surface area contributed by atoms with Gasteiger partial charge in [-0.2, -0.15) is 0 Å². The van der Waals surface area contributed by atoms with Crippen LogP contribution in [-0.2, 0) is 11.3 Å². The van der Waals surface area contributed by atoms with E-state index in [1.54, 1.807) is 12.1 Å². The van der Waals surface area contributed by atoms with Crippen LogP contribution in [-0.4, -0.2) is 18.3 Å². The summed E-state index contributed by atoms with van der Waals surface area (Å²) < 4.78 is 7.61. The fourth-order valence-electron chi connectivity index (χ4n) is 1.98. The van der Waals surface area contributed by atoms with Crippen molar-refractivity contribution in [3.05, 3.63) is 79.1 Å². The van der Waals surface area contributed by atoms with Crippen LogP contribution in [0.1, 0.15) is 15.9 Å². The summed E-state index contributed by atoms with van der Waals surface area (Å²) in [5.74, 6) is 0.256. The zero-order valence-corrected chi connectivity index (χ0v) is 17.2. The van der Waals surface area contributed by atoms with Crippen LogP contribution in [0.15, 0.2) is 63.0 Å². The standard InChI is InChI=1S/C18H16BrClO2S2/c1-23-18(24-2)17(16(21)13-4-3-5-14(19)10-13)22-11-12-6-8-15(20)9-7-12/h3-10H,11H2,1-2H3. The van der Waals surface area contributed by atoms with Gasteiger partial charge in [0.05, 0.1) is 4.24 Å². The molecule has 2 aromatic rings. The Morgan fingerprint density at radius 3 is 2.38 bits per heavy atom. The summed E-state index contributed by atoms with van der Waals surface area (Å²) in [5, 5.41) is 0.675. The number of Topliss-reactive ketones (excluding diaryl/α,β-unsaturated/α-hetero) is 1. The molecule has 0 unspecified atom stereocenters. The van der Waals surface area contributed by atoms with E-state index in [2.05, 4.69) is 15.9 Å². The minimum Gasteiger partial charge on any atom is -0.483 e. The summed E-state index contributed by atoms with van der Waals surface area (Å²) in [4.78, 5) is 12.9. The van der Waals surface area contributed by atoms with Crippen LogP contribution in [0.25, 0.3) is 0 Å². The maximum absolute atomic E-state index is 12.9. The van der Waals surface area contributed by atoms with E-state index in [0.717, 1.165) is 14.3 Å². The third-order valence-electron chi connectivity index (χ3n) is 3.15. The fourth-order valence-corrected chi connectivity index (χ4v) is 3.85. The average Bonchev–Trinajstić information content (AvgIpc) is 2.59. The van der Waals surface area contributed by atoms with Crippen molar-refractivity contribution in [3.63, 3.8) is 0 Å². The Morgan fingerprint density at radius 1 is 1.12 bits per heavy atom. The van der Waals surface area contributed by atoms with E-state index in [0.29, 0.717) is 23.0 Å². The molecule has 0 amide bonds. The molecule has 0 fully saturated rings. The molecule has 0 aliphatic rings. The molecule has 6 heteroatoms. The molecule has 2 rings (SSSR count). The highest BCUT2D eigenvalue weighted by molar-refractivity contribution is 9.10. The van der Waals surface area contributed by atoms with Gasteiger partial charge < -0.3 is 4.74 Å². The highest BCUT2D eigenvalue weighted by atomic mass is 79.9. The second-order valence-corrected chi connectivity index (χ2v) is 8.02. The lowest BCUT2D eigenvalue weighted by molar-refractivity contribution is 0.0904. The Labute approximate surface area is 164 Å². The molecule has 2 aromatic carbocycles. The lowest BCUT2D eigenvalue weighted by Crippen LogP contribution is -2.09. The van der Waals surface area contributed by atoms with Crippen molar-refractivity contribution in [2.75, 3.05) is 12.5 Å². The van der Waals surface area contributed by atoms with Gasteiger partial charge in [-0.15, -0.1) is 23.5 Å². The number of hydrogen-bond acceptors (Lipinski definition) is 4. The van der Waals surface area contributed by atoms with Crippen molar-refractivity contribution < 1.29 is 9.53 Å². The summed E-state index contributed by atoms with van der Waals surface area (Å²) in [6.07, 6.45) is 3.87. The first-order valence-electron chi connectivity index (χ1n) is 7.05. The number of ether oxygens (including phenoxy) is 1. The number of ketones is 1. The van der Waals surface area contributed by atoms with Gasteiger partial charge in [0.25, 0.3) is 0 Å². The van der Waals surface area contributed by atoms with E-state index >= 15 is 0 Å². The molecule has 0 heterocycles. The smallest absolute Gasteiger partial charge is 0.229 e. The van der Waals surface area contributed by atoms with Gasteiger partial charge >= 0.3 is 0 Å². The first-order chi connectivity index (χ1) is 11.5. The summed E-state index contributed by atoms with van der Waals surface area (Å²) >= 11 is 12.3. The average molecular weight is 444 g/mol. The van der Waals surface area contributed by atoms with Crippen LogP contribution in [0.4, 0.5) is 0 Å². The van der Waals surface area contributed by atoms with Crippen LogP contribution < -0.4 is 0 Å². The van der Waals surface area contributed by atoms with Crippen molar-refractivity contribution in [1.29, 1.82) is 0 Å². The van der Waals surface area contributed by atoms with Crippen molar-refractivity contribution in [2.24, 2.45) is 0 Å². The topological polar surface area (TPSA) is 26.3 Å². The predicted octanol–water partition coefficient (Wildman–Crippen LogP) is 6.40. The Bertz CT molecular complexity index is 739. The molecule has 0 radical (unpaired) electrons. The van der Waals surface area contributed by atoms with Crippen molar-refractivity contribution in [1.82, 2.24) is 0 Å². The monoisotopic (exact) mass is 442 g/mol. The van der Waals surface area contributed by atoms with E-state index in [4.69, 9.17) is 16.3 Å². The molecule has 0 N–H and O–H groups in total. The van der Waals surface area contributed by atoms with E-state index in [1.165, 1.54) is 23.5 Å². The summed E-state index contributed by atoms with van der Waals surface area (Å²) in [6.45, 7) is 0.316. The maximum Gasteiger partial charge on any atom is 0.229 e. The summed E-state index contributed by atoms with van der Waals surface area (Å²) in [6, 6.07) is 14.7. The zero-order chi connectivity index (χ0) is 17.5. The zero-order valence-electron chi connectivity index (χ0n) is 13.2. The molecule has 2 nitrogen and oxygen atoms in total. The number of allylic oxidation sites excluding steroid dienone is 1. The Balaban J connectivity index is 2.26. The first-order valence-corrected chi connectivity index (χ1v) is 10.7. The molecule has 0 saturated heterocycles. The number of benzene rings is 2. The number of thioether (sulfide) groups is 2. The Hall–Kier alpha value is -0.880. The summed E-state index contributed by atoms with van der Waals surface area (Å²) in [7, 11) is 0. The third kappa shape index (κ3) is 5.31. The van der Waals surface area contributed by atoms with Crippen molar-refractivity contribution in [3.8, 4) is 0 Å². The Kier molecular flexibility index (Phi) is 7.75. The molecule has 0 aliphatic carbocycles. The molecule has 0 atom stereocenters. The van der Waals surface area contributed by atoms with Crippen LogP contribution in [0.2, 0.25) is 5.02 Å². The number of hydrogen-bond donors (Lipinski definition) is 0. The van der Waals surface area contributed by atoms with Crippen LogP contribution in [0.3, 0.4) is 0 Å². The molecular weight excluding hydrogens is 428 g/mol. The molecule has 126 valence electrons. The molecular formula is C18H16BrClO2S2. The normalized spacial score (nSPS) is 10.3. The van der Waals surface area contributed by atoms with Gasteiger partial charge in [-0.25, -0.2) is 0 Å². The second kappa shape index (κ2) is 9.56. The van der Waals surface area contributed by atoms with Gasteiger partial charge in [0.2, 0.25) is 5.78 Å². The molecule has 0 bridgehead atoms. The SMILES string of the molecule is CSC(SC)=C(OCc1ccc(Cl)cc1)C(=O)c1cccc(Br)c1. The highest BCUT2D eigenvalue weighted by Gasteiger charge is 2.19. The maximum atomic E-state index is 12.9. The summed E-state index contributed by atoms with van der Waals surface area (Å²) in [5.41, 5.74) is 1.55. The van der Waals surface area contributed by atoms with E-state index in [1.807, 2.05) is 48.9 Å². The minimum absolute atomic E-state index is 0.121.